The van der Waals surface area contributed by atoms with Crippen LogP contribution in [-0.2, 0) is 4.74 Å². The molecule has 0 spiro atoms. The van der Waals surface area contributed by atoms with E-state index in [4.69, 9.17) is 9.47 Å². The van der Waals surface area contributed by atoms with Crippen LogP contribution in [0.2, 0.25) is 0 Å². The minimum Gasteiger partial charge on any atom is -0.490 e. The summed E-state index contributed by atoms with van der Waals surface area (Å²) in [7, 11) is 0. The van der Waals surface area contributed by atoms with E-state index in [1.165, 1.54) is 29.7 Å². The second-order valence-corrected chi connectivity index (χ2v) is 10.6. The van der Waals surface area contributed by atoms with E-state index in [9.17, 15) is 9.59 Å². The molecule has 190 valence electrons. The molecular formula is C30H35NO4S. The summed E-state index contributed by atoms with van der Waals surface area (Å²) in [6, 6.07) is 15.5. The van der Waals surface area contributed by atoms with Gasteiger partial charge >= 0.3 is 5.97 Å². The predicted molar refractivity (Wildman–Crippen MR) is 146 cm³/mol. The van der Waals surface area contributed by atoms with Gasteiger partial charge in [-0.2, -0.15) is 0 Å². The van der Waals surface area contributed by atoms with Crippen molar-refractivity contribution in [3.05, 3.63) is 70.1 Å². The molecule has 0 aliphatic heterocycles. The molecule has 3 aromatic rings. The average molecular weight is 506 g/mol. The van der Waals surface area contributed by atoms with Crippen molar-refractivity contribution in [3.8, 4) is 16.9 Å². The third-order valence-electron chi connectivity index (χ3n) is 6.89. The number of anilines is 1. The van der Waals surface area contributed by atoms with Crippen LogP contribution in [-0.4, -0.2) is 24.6 Å². The van der Waals surface area contributed by atoms with Crippen LogP contribution in [0.3, 0.4) is 0 Å². The van der Waals surface area contributed by atoms with Gasteiger partial charge in [0.1, 0.15) is 16.3 Å². The fourth-order valence-corrected chi connectivity index (χ4v) is 5.71. The van der Waals surface area contributed by atoms with Gasteiger partial charge in [-0.05, 0) is 87.3 Å². The number of esters is 1. The zero-order valence-electron chi connectivity index (χ0n) is 21.6. The first-order valence-electron chi connectivity index (χ1n) is 12.9. The molecule has 0 radical (unpaired) electrons. The molecular weight excluding hydrogens is 470 g/mol. The van der Waals surface area contributed by atoms with Crippen molar-refractivity contribution >= 4 is 28.2 Å². The normalized spacial score (nSPS) is 14.4. The predicted octanol–water partition coefficient (Wildman–Crippen LogP) is 7.99. The Balaban J connectivity index is 1.59. The fraction of sp³-hybridized carbons (Fsp3) is 0.400. The number of thiophene rings is 1. The summed E-state index contributed by atoms with van der Waals surface area (Å²) in [5, 5.41) is 3.47. The Morgan fingerprint density at radius 3 is 2.31 bits per heavy atom. The molecule has 1 heterocycles. The largest absolute Gasteiger partial charge is 0.490 e. The summed E-state index contributed by atoms with van der Waals surface area (Å²) >= 11 is 1.40. The van der Waals surface area contributed by atoms with E-state index in [0.717, 1.165) is 41.0 Å². The number of hydrogen-bond acceptors (Lipinski definition) is 5. The minimum absolute atomic E-state index is 0.260. The molecule has 1 aliphatic rings. The third-order valence-corrected chi connectivity index (χ3v) is 7.91. The molecule has 1 atom stereocenters. The van der Waals surface area contributed by atoms with E-state index in [1.807, 2.05) is 31.2 Å². The fourth-order valence-electron chi connectivity index (χ4n) is 4.65. The Morgan fingerprint density at radius 1 is 1.03 bits per heavy atom. The van der Waals surface area contributed by atoms with E-state index in [2.05, 4.69) is 31.3 Å². The van der Waals surface area contributed by atoms with Crippen LogP contribution in [0, 0.1) is 6.92 Å². The Labute approximate surface area is 217 Å². The van der Waals surface area contributed by atoms with Crippen molar-refractivity contribution < 1.29 is 19.1 Å². The van der Waals surface area contributed by atoms with Gasteiger partial charge in [0.05, 0.1) is 12.7 Å². The Hall–Kier alpha value is -3.12. The van der Waals surface area contributed by atoms with Crippen LogP contribution in [0.1, 0.15) is 89.9 Å². The van der Waals surface area contributed by atoms with Crippen molar-refractivity contribution in [2.75, 3.05) is 11.9 Å². The number of aryl methyl sites for hydroxylation is 1. The molecule has 1 N–H and O–H groups in total. The highest BCUT2D eigenvalue weighted by Gasteiger charge is 2.26. The molecule has 1 aromatic heterocycles. The lowest BCUT2D eigenvalue weighted by molar-refractivity contribution is 0.0529. The second-order valence-electron chi connectivity index (χ2n) is 9.39. The summed E-state index contributed by atoms with van der Waals surface area (Å²) in [4.78, 5) is 27.1. The van der Waals surface area contributed by atoms with Crippen molar-refractivity contribution in [1.29, 1.82) is 0 Å². The molecule has 1 aliphatic carbocycles. The zero-order valence-corrected chi connectivity index (χ0v) is 22.4. The smallest absolute Gasteiger partial charge is 0.341 e. The van der Waals surface area contributed by atoms with Gasteiger partial charge in [0.15, 0.2) is 0 Å². The highest BCUT2D eigenvalue weighted by molar-refractivity contribution is 7.17. The van der Waals surface area contributed by atoms with E-state index < -0.39 is 5.97 Å². The number of amides is 1. The topological polar surface area (TPSA) is 64.6 Å². The van der Waals surface area contributed by atoms with E-state index in [-0.39, 0.29) is 18.6 Å². The van der Waals surface area contributed by atoms with Gasteiger partial charge in [-0.3, -0.25) is 4.79 Å². The molecule has 0 unspecified atom stereocenters. The number of hydrogen-bond donors (Lipinski definition) is 1. The van der Waals surface area contributed by atoms with Crippen LogP contribution >= 0.6 is 11.3 Å². The number of rotatable bonds is 9. The number of benzene rings is 2. The Morgan fingerprint density at radius 2 is 1.69 bits per heavy atom. The first-order chi connectivity index (χ1) is 17.4. The number of carbonyl (C=O) groups excluding carboxylic acids is 2. The maximum Gasteiger partial charge on any atom is 0.341 e. The van der Waals surface area contributed by atoms with Gasteiger partial charge in [0.2, 0.25) is 0 Å². The minimum atomic E-state index is -0.432. The number of ether oxygens (including phenoxy) is 2. The first kappa shape index (κ1) is 26.0. The maximum atomic E-state index is 13.1. The molecule has 5 nitrogen and oxygen atoms in total. The Kier molecular flexibility index (Phi) is 8.47. The lowest BCUT2D eigenvalue weighted by Crippen LogP contribution is -2.15. The van der Waals surface area contributed by atoms with Gasteiger partial charge < -0.3 is 14.8 Å². The average Bonchev–Trinajstić information content (AvgIpc) is 3.51. The van der Waals surface area contributed by atoms with Crippen molar-refractivity contribution in [1.82, 2.24) is 0 Å². The van der Waals surface area contributed by atoms with Gasteiger partial charge in [-0.1, -0.05) is 38.1 Å². The summed E-state index contributed by atoms with van der Waals surface area (Å²) in [6.45, 7) is 8.39. The first-order valence-corrected chi connectivity index (χ1v) is 13.7. The summed E-state index contributed by atoms with van der Waals surface area (Å²) in [5.41, 5.74) is 3.93. The van der Waals surface area contributed by atoms with E-state index in [1.54, 1.807) is 19.1 Å². The third kappa shape index (κ3) is 5.81. The summed E-state index contributed by atoms with van der Waals surface area (Å²) in [6.07, 6.45) is 5.91. The van der Waals surface area contributed by atoms with Gasteiger partial charge in [-0.25, -0.2) is 4.79 Å². The molecule has 1 saturated carbocycles. The highest BCUT2D eigenvalue weighted by atomic mass is 32.1. The highest BCUT2D eigenvalue weighted by Crippen LogP contribution is 2.41. The van der Waals surface area contributed by atoms with Crippen molar-refractivity contribution in [3.63, 3.8) is 0 Å². The van der Waals surface area contributed by atoms with Crippen LogP contribution in [0.15, 0.2) is 48.5 Å². The van der Waals surface area contributed by atoms with Crippen LogP contribution in [0.5, 0.6) is 5.75 Å². The maximum absolute atomic E-state index is 13.1. The van der Waals surface area contributed by atoms with Crippen LogP contribution < -0.4 is 10.1 Å². The molecule has 0 saturated heterocycles. The zero-order chi connectivity index (χ0) is 25.7. The number of nitrogens with one attached hydrogen (secondary N) is 1. The van der Waals surface area contributed by atoms with Gasteiger partial charge in [0.25, 0.3) is 5.91 Å². The summed E-state index contributed by atoms with van der Waals surface area (Å²) < 4.78 is 11.4. The molecule has 1 amide bonds. The van der Waals surface area contributed by atoms with Gasteiger partial charge in [-0.15, -0.1) is 11.3 Å². The van der Waals surface area contributed by atoms with Gasteiger partial charge in [0, 0.05) is 16.0 Å². The molecule has 1 fully saturated rings. The standard InChI is InChI=1S/C30H35NO4S/c1-5-19(3)21-11-13-22(14-12-21)26-20(4)36-29(27(26)30(33)34-6-2)31-28(32)23-15-17-25(18-16-23)35-24-9-7-8-10-24/h11-19,24H,5-10H2,1-4H3,(H,31,32)/t19-/m0/s1. The van der Waals surface area contributed by atoms with E-state index >= 15 is 0 Å². The lowest BCUT2D eigenvalue weighted by atomic mass is 9.94. The lowest BCUT2D eigenvalue weighted by Gasteiger charge is -2.13. The van der Waals surface area contributed by atoms with Crippen molar-refractivity contribution in [2.24, 2.45) is 0 Å². The number of carbonyl (C=O) groups is 2. The summed E-state index contributed by atoms with van der Waals surface area (Å²) in [5.74, 6) is 0.545. The molecule has 36 heavy (non-hydrogen) atoms. The molecule has 2 aromatic carbocycles. The van der Waals surface area contributed by atoms with Crippen molar-refractivity contribution in [2.45, 2.75) is 71.8 Å². The SMILES string of the molecule is CCOC(=O)c1c(NC(=O)c2ccc(OC3CCCC3)cc2)sc(C)c1-c1ccc([C@@H](C)CC)cc1. The molecule has 0 bridgehead atoms. The quantitative estimate of drug-likeness (QED) is 0.299. The Bertz CT molecular complexity index is 1190. The van der Waals surface area contributed by atoms with Crippen LogP contribution in [0.25, 0.3) is 11.1 Å². The van der Waals surface area contributed by atoms with Crippen LogP contribution in [0.4, 0.5) is 5.00 Å². The monoisotopic (exact) mass is 505 g/mol. The molecule has 6 heteroatoms. The molecule has 4 rings (SSSR count). The second kappa shape index (κ2) is 11.7. The van der Waals surface area contributed by atoms with E-state index in [0.29, 0.717) is 22.0 Å².